The molecule has 0 aliphatic carbocycles. The number of nitrogens with zero attached hydrogens (tertiary/aromatic N) is 2. The van der Waals surface area contributed by atoms with E-state index in [0.29, 0.717) is 12.2 Å². The molecule has 0 bridgehead atoms. The third-order valence-corrected chi connectivity index (χ3v) is 3.09. The van der Waals surface area contributed by atoms with Crippen molar-refractivity contribution in [1.29, 1.82) is 0 Å². The van der Waals surface area contributed by atoms with Crippen molar-refractivity contribution < 1.29 is 4.92 Å². The Morgan fingerprint density at radius 3 is 2.83 bits per heavy atom. The van der Waals surface area contributed by atoms with Crippen molar-refractivity contribution in [2.75, 3.05) is 10.7 Å². The molecule has 94 valence electrons. The molecule has 0 aliphatic heterocycles. The molecule has 4 N–H and O–H groups in total. The minimum Gasteiger partial charge on any atom is -0.374 e. The van der Waals surface area contributed by atoms with Crippen molar-refractivity contribution in [2.45, 2.75) is 6.54 Å². The van der Waals surface area contributed by atoms with Gasteiger partial charge in [-0.3, -0.25) is 20.9 Å². The molecule has 1 heterocycles. The van der Waals surface area contributed by atoms with Gasteiger partial charge in [0.1, 0.15) is 11.4 Å². The highest BCUT2D eigenvalue weighted by atomic mass is 32.1. The number of nitrogens with two attached hydrogens (primary N) is 1. The standard InChI is InChI=1S/C10H11N5O2S/c11-14-9-3-1-2-8(10(9)15(16)17)13-5-7-4-12-6-18-7/h1-4,6,13-14H,5,11H2. The lowest BCUT2D eigenvalue weighted by molar-refractivity contribution is -0.383. The average Bonchev–Trinajstić information content (AvgIpc) is 2.88. The number of hydrazine groups is 1. The van der Waals surface area contributed by atoms with E-state index in [-0.39, 0.29) is 11.4 Å². The van der Waals surface area contributed by atoms with Gasteiger partial charge in [0.15, 0.2) is 0 Å². The SMILES string of the molecule is NNc1cccc(NCc2cncs2)c1[N+](=O)[O-]. The summed E-state index contributed by atoms with van der Waals surface area (Å²) < 4.78 is 0. The summed E-state index contributed by atoms with van der Waals surface area (Å²) in [6, 6.07) is 4.88. The van der Waals surface area contributed by atoms with Crippen LogP contribution >= 0.6 is 11.3 Å². The molecule has 1 aromatic heterocycles. The highest BCUT2D eigenvalue weighted by Crippen LogP contribution is 2.32. The third-order valence-electron chi connectivity index (χ3n) is 2.31. The van der Waals surface area contributed by atoms with Gasteiger partial charge >= 0.3 is 5.69 Å². The number of aromatic nitrogens is 1. The second-order valence-corrected chi connectivity index (χ2v) is 4.40. The van der Waals surface area contributed by atoms with Crippen LogP contribution in [0, 0.1) is 10.1 Å². The van der Waals surface area contributed by atoms with E-state index >= 15 is 0 Å². The van der Waals surface area contributed by atoms with Crippen LogP contribution in [0.25, 0.3) is 0 Å². The Hall–Kier alpha value is -2.19. The summed E-state index contributed by atoms with van der Waals surface area (Å²) in [4.78, 5) is 15.5. The van der Waals surface area contributed by atoms with E-state index in [1.165, 1.54) is 11.3 Å². The molecule has 0 saturated carbocycles. The van der Waals surface area contributed by atoms with Crippen LogP contribution in [-0.4, -0.2) is 9.91 Å². The Kier molecular flexibility index (Phi) is 3.70. The molecule has 0 amide bonds. The minimum atomic E-state index is -0.468. The Balaban J connectivity index is 2.24. The van der Waals surface area contributed by atoms with E-state index < -0.39 is 4.92 Å². The monoisotopic (exact) mass is 265 g/mol. The summed E-state index contributed by atoms with van der Waals surface area (Å²) in [5.41, 5.74) is 4.66. The molecular formula is C10H11N5O2S. The first kappa shape index (κ1) is 12.3. The fourth-order valence-electron chi connectivity index (χ4n) is 1.51. The molecule has 18 heavy (non-hydrogen) atoms. The van der Waals surface area contributed by atoms with Crippen molar-refractivity contribution in [3.63, 3.8) is 0 Å². The van der Waals surface area contributed by atoms with Gasteiger partial charge in [-0.2, -0.15) is 0 Å². The van der Waals surface area contributed by atoms with Crippen molar-refractivity contribution in [2.24, 2.45) is 5.84 Å². The Bertz CT molecular complexity index is 543. The normalized spacial score (nSPS) is 10.1. The fourth-order valence-corrected chi connectivity index (χ4v) is 2.05. The smallest absolute Gasteiger partial charge is 0.316 e. The molecule has 8 heteroatoms. The van der Waals surface area contributed by atoms with Gasteiger partial charge in [0.05, 0.1) is 17.0 Å². The van der Waals surface area contributed by atoms with Crippen molar-refractivity contribution in [3.8, 4) is 0 Å². The summed E-state index contributed by atoms with van der Waals surface area (Å²) in [5, 5.41) is 14.0. The summed E-state index contributed by atoms with van der Waals surface area (Å²) >= 11 is 1.48. The zero-order valence-electron chi connectivity index (χ0n) is 9.29. The number of nitro groups is 1. The molecule has 0 spiro atoms. The summed E-state index contributed by atoms with van der Waals surface area (Å²) in [6.07, 6.45) is 1.72. The summed E-state index contributed by atoms with van der Waals surface area (Å²) in [7, 11) is 0. The molecule has 1 aromatic carbocycles. The molecule has 2 rings (SSSR count). The van der Waals surface area contributed by atoms with Crippen molar-refractivity contribution in [3.05, 3.63) is 44.9 Å². The molecule has 7 nitrogen and oxygen atoms in total. The van der Waals surface area contributed by atoms with Gasteiger partial charge < -0.3 is 10.7 Å². The minimum absolute atomic E-state index is 0.0653. The van der Waals surface area contributed by atoms with E-state index in [4.69, 9.17) is 5.84 Å². The van der Waals surface area contributed by atoms with E-state index in [2.05, 4.69) is 15.7 Å². The average molecular weight is 265 g/mol. The number of hydrogen-bond donors (Lipinski definition) is 3. The number of hydrogen-bond acceptors (Lipinski definition) is 7. The van der Waals surface area contributed by atoms with E-state index in [0.717, 1.165) is 4.88 Å². The summed E-state index contributed by atoms with van der Waals surface area (Å²) in [6.45, 7) is 0.486. The third kappa shape index (κ3) is 2.55. The second-order valence-electron chi connectivity index (χ2n) is 3.42. The fraction of sp³-hybridized carbons (Fsp3) is 0.100. The second kappa shape index (κ2) is 5.43. The number of rotatable bonds is 5. The van der Waals surface area contributed by atoms with Crippen molar-refractivity contribution in [1.82, 2.24) is 4.98 Å². The highest BCUT2D eigenvalue weighted by Gasteiger charge is 2.18. The molecule has 0 radical (unpaired) electrons. The molecule has 0 saturated heterocycles. The molecule has 0 unspecified atom stereocenters. The number of benzene rings is 1. The Labute approximate surface area is 107 Å². The number of para-hydroxylation sites is 1. The summed E-state index contributed by atoms with van der Waals surface area (Å²) in [5.74, 6) is 5.26. The number of thiazole rings is 1. The van der Waals surface area contributed by atoms with E-state index in [1.54, 1.807) is 29.9 Å². The Morgan fingerprint density at radius 2 is 2.22 bits per heavy atom. The lowest BCUT2D eigenvalue weighted by Gasteiger charge is -2.08. The molecule has 0 fully saturated rings. The zero-order chi connectivity index (χ0) is 13.0. The van der Waals surface area contributed by atoms with Gasteiger partial charge in [0, 0.05) is 11.1 Å². The maximum Gasteiger partial charge on any atom is 0.316 e. The first-order chi connectivity index (χ1) is 8.72. The van der Waals surface area contributed by atoms with Gasteiger partial charge in [-0.15, -0.1) is 11.3 Å². The van der Waals surface area contributed by atoms with Gasteiger partial charge in [0.2, 0.25) is 0 Å². The predicted octanol–water partition coefficient (Wildman–Crippen LogP) is 1.95. The largest absolute Gasteiger partial charge is 0.374 e. The van der Waals surface area contributed by atoms with Crippen LogP contribution in [0.3, 0.4) is 0 Å². The maximum atomic E-state index is 11.0. The van der Waals surface area contributed by atoms with Crippen LogP contribution in [0.15, 0.2) is 29.9 Å². The Morgan fingerprint density at radius 1 is 1.44 bits per heavy atom. The maximum absolute atomic E-state index is 11.0. The lowest BCUT2D eigenvalue weighted by Crippen LogP contribution is -2.10. The molecular weight excluding hydrogens is 254 g/mol. The molecule has 2 aromatic rings. The van der Waals surface area contributed by atoms with Gasteiger partial charge in [-0.05, 0) is 12.1 Å². The number of anilines is 2. The first-order valence-electron chi connectivity index (χ1n) is 5.07. The number of nitrogen functional groups attached to an aromatic ring is 1. The predicted molar refractivity (Wildman–Crippen MR) is 70.3 cm³/mol. The van der Waals surface area contributed by atoms with Crippen LogP contribution < -0.4 is 16.6 Å². The van der Waals surface area contributed by atoms with Gasteiger partial charge in [-0.1, -0.05) is 6.07 Å². The molecule has 0 atom stereocenters. The van der Waals surface area contributed by atoms with Crippen molar-refractivity contribution >= 4 is 28.4 Å². The van der Waals surface area contributed by atoms with Crippen LogP contribution in [0.1, 0.15) is 4.88 Å². The van der Waals surface area contributed by atoms with Crippen LogP contribution in [0.4, 0.5) is 17.1 Å². The lowest BCUT2D eigenvalue weighted by atomic mass is 10.2. The van der Waals surface area contributed by atoms with Gasteiger partial charge in [-0.25, -0.2) is 0 Å². The van der Waals surface area contributed by atoms with Crippen LogP contribution in [-0.2, 0) is 6.54 Å². The number of nitro benzene ring substituents is 1. The van der Waals surface area contributed by atoms with Gasteiger partial charge in [0.25, 0.3) is 0 Å². The van der Waals surface area contributed by atoms with E-state index in [1.807, 2.05) is 0 Å². The first-order valence-corrected chi connectivity index (χ1v) is 5.95. The highest BCUT2D eigenvalue weighted by molar-refractivity contribution is 7.09. The zero-order valence-corrected chi connectivity index (χ0v) is 10.1. The van der Waals surface area contributed by atoms with Crippen LogP contribution in [0.2, 0.25) is 0 Å². The topological polar surface area (TPSA) is 106 Å². The quantitative estimate of drug-likeness (QED) is 0.433. The van der Waals surface area contributed by atoms with Crippen LogP contribution in [0.5, 0.6) is 0 Å². The molecule has 0 aliphatic rings. The number of nitrogens with one attached hydrogen (secondary N) is 2. The van der Waals surface area contributed by atoms with E-state index in [9.17, 15) is 10.1 Å².